The fraction of sp³-hybridized carbons (Fsp3) is 0.583. The van der Waals surface area contributed by atoms with Gasteiger partial charge in [0.25, 0.3) is 5.91 Å². The summed E-state index contributed by atoms with van der Waals surface area (Å²) in [5.74, 6) is 0.949. The Kier molecular flexibility index (Phi) is 4.87. The van der Waals surface area contributed by atoms with E-state index in [1.54, 1.807) is 0 Å². The molecule has 1 N–H and O–H groups in total. The Morgan fingerprint density at radius 2 is 2.06 bits per heavy atom. The Balaban J connectivity index is 2.88. The summed E-state index contributed by atoms with van der Waals surface area (Å²) < 4.78 is 0. The van der Waals surface area contributed by atoms with Crippen molar-refractivity contribution in [1.29, 1.82) is 0 Å². The van der Waals surface area contributed by atoms with Gasteiger partial charge in [-0.2, -0.15) is 0 Å². The minimum atomic E-state index is -0.243. The number of carbonyl (C=O) groups excluding carboxylic acids is 1. The number of carbonyl (C=O) groups is 1. The Labute approximate surface area is 107 Å². The molecule has 0 spiro atoms. The van der Waals surface area contributed by atoms with Crippen molar-refractivity contribution in [3.05, 3.63) is 22.7 Å². The molecule has 0 aliphatic rings. The monoisotopic (exact) mass is 255 g/mol. The molecule has 0 bridgehead atoms. The predicted octanol–water partition coefficient (Wildman–Crippen LogP) is 2.64. The molecule has 0 saturated heterocycles. The number of hydrogen-bond donors (Lipinski definition) is 1. The lowest BCUT2D eigenvalue weighted by Gasteiger charge is -2.10. The molecule has 17 heavy (non-hydrogen) atoms. The molecule has 0 atom stereocenters. The number of amides is 1. The molecule has 4 nitrogen and oxygen atoms in total. The summed E-state index contributed by atoms with van der Waals surface area (Å²) in [6, 6.07) is 0. The van der Waals surface area contributed by atoms with Crippen LogP contribution in [0.3, 0.4) is 0 Å². The maximum atomic E-state index is 11.9. The van der Waals surface area contributed by atoms with E-state index < -0.39 is 0 Å². The smallest absolute Gasteiger partial charge is 0.271 e. The molecule has 0 saturated carbocycles. The molecule has 1 amide bonds. The number of hydrogen-bond acceptors (Lipinski definition) is 3. The SMILES string of the molecule is CC(C)CNC(=O)c1nc(C(C)C)ncc1Cl. The highest BCUT2D eigenvalue weighted by atomic mass is 35.5. The van der Waals surface area contributed by atoms with Crippen LogP contribution in [-0.2, 0) is 0 Å². The van der Waals surface area contributed by atoms with Gasteiger partial charge in [-0.3, -0.25) is 4.79 Å². The maximum Gasteiger partial charge on any atom is 0.271 e. The van der Waals surface area contributed by atoms with Crippen molar-refractivity contribution >= 4 is 17.5 Å². The summed E-state index contributed by atoms with van der Waals surface area (Å²) in [5, 5.41) is 3.08. The predicted molar refractivity (Wildman–Crippen MR) is 68.3 cm³/mol. The average molecular weight is 256 g/mol. The first-order chi connectivity index (χ1) is 7.91. The standard InChI is InChI=1S/C12H18ClN3O/c1-7(2)5-15-12(17)10-9(13)6-14-11(16-10)8(3)4/h6-8H,5H2,1-4H3,(H,15,17). The van der Waals surface area contributed by atoms with Crippen molar-refractivity contribution in [2.45, 2.75) is 33.6 Å². The number of aromatic nitrogens is 2. The van der Waals surface area contributed by atoms with E-state index >= 15 is 0 Å². The zero-order valence-corrected chi connectivity index (χ0v) is 11.4. The normalized spacial score (nSPS) is 11.0. The van der Waals surface area contributed by atoms with Crippen molar-refractivity contribution < 1.29 is 4.79 Å². The highest BCUT2D eigenvalue weighted by Crippen LogP contribution is 2.16. The molecule has 0 radical (unpaired) electrons. The molecule has 1 aromatic rings. The van der Waals surface area contributed by atoms with Gasteiger partial charge >= 0.3 is 0 Å². The summed E-state index contributed by atoms with van der Waals surface area (Å²) in [6.45, 7) is 8.61. The van der Waals surface area contributed by atoms with Gasteiger partial charge in [-0.1, -0.05) is 39.3 Å². The van der Waals surface area contributed by atoms with Gasteiger partial charge in [0.2, 0.25) is 0 Å². The third-order valence-corrected chi connectivity index (χ3v) is 2.44. The molecule has 1 aromatic heterocycles. The lowest BCUT2D eigenvalue weighted by Crippen LogP contribution is -2.28. The third-order valence-electron chi connectivity index (χ3n) is 2.17. The first-order valence-electron chi connectivity index (χ1n) is 5.72. The molecular weight excluding hydrogens is 238 g/mol. The van der Waals surface area contributed by atoms with E-state index in [1.807, 2.05) is 27.7 Å². The summed E-state index contributed by atoms with van der Waals surface area (Å²) in [7, 11) is 0. The highest BCUT2D eigenvalue weighted by molar-refractivity contribution is 6.33. The molecule has 0 aromatic carbocycles. The van der Waals surface area contributed by atoms with Crippen molar-refractivity contribution in [1.82, 2.24) is 15.3 Å². The van der Waals surface area contributed by atoms with Crippen molar-refractivity contribution in [2.75, 3.05) is 6.54 Å². The molecule has 94 valence electrons. The van der Waals surface area contributed by atoms with Crippen LogP contribution < -0.4 is 5.32 Å². The minimum absolute atomic E-state index is 0.170. The van der Waals surface area contributed by atoms with Crippen LogP contribution in [0.4, 0.5) is 0 Å². The Hall–Kier alpha value is -1.16. The maximum absolute atomic E-state index is 11.9. The van der Waals surface area contributed by atoms with Gasteiger partial charge in [0.05, 0.1) is 11.2 Å². The van der Waals surface area contributed by atoms with E-state index in [1.165, 1.54) is 6.20 Å². The van der Waals surface area contributed by atoms with Crippen molar-refractivity contribution in [3.63, 3.8) is 0 Å². The van der Waals surface area contributed by atoms with Crippen LogP contribution in [-0.4, -0.2) is 22.4 Å². The van der Waals surface area contributed by atoms with Gasteiger partial charge in [0, 0.05) is 12.5 Å². The zero-order valence-electron chi connectivity index (χ0n) is 10.6. The quantitative estimate of drug-likeness (QED) is 0.900. The van der Waals surface area contributed by atoms with E-state index in [2.05, 4.69) is 15.3 Å². The lowest BCUT2D eigenvalue weighted by atomic mass is 10.2. The van der Waals surface area contributed by atoms with Gasteiger partial charge in [-0.25, -0.2) is 9.97 Å². The second-order valence-corrected chi connectivity index (χ2v) is 5.09. The summed E-state index contributed by atoms with van der Waals surface area (Å²) in [4.78, 5) is 20.1. The van der Waals surface area contributed by atoms with Crippen molar-refractivity contribution in [3.8, 4) is 0 Å². The molecule has 0 aliphatic heterocycles. The first kappa shape index (κ1) is 13.9. The number of nitrogens with one attached hydrogen (secondary N) is 1. The third kappa shape index (κ3) is 3.97. The molecule has 1 heterocycles. The highest BCUT2D eigenvalue weighted by Gasteiger charge is 2.15. The molecular formula is C12H18ClN3O. The van der Waals surface area contributed by atoms with Crippen LogP contribution in [0.25, 0.3) is 0 Å². The minimum Gasteiger partial charge on any atom is -0.350 e. The van der Waals surface area contributed by atoms with Crippen LogP contribution in [0.15, 0.2) is 6.20 Å². The fourth-order valence-electron chi connectivity index (χ4n) is 1.20. The van der Waals surface area contributed by atoms with Crippen molar-refractivity contribution in [2.24, 2.45) is 5.92 Å². The van der Waals surface area contributed by atoms with Crippen LogP contribution >= 0.6 is 11.6 Å². The van der Waals surface area contributed by atoms with Gasteiger partial charge in [0.15, 0.2) is 0 Å². The van der Waals surface area contributed by atoms with Gasteiger partial charge in [-0.05, 0) is 5.92 Å². The summed E-state index contributed by atoms with van der Waals surface area (Å²) in [5.41, 5.74) is 0.256. The molecule has 0 aliphatic carbocycles. The Morgan fingerprint density at radius 3 is 2.59 bits per heavy atom. The van der Waals surface area contributed by atoms with E-state index in [0.717, 1.165) is 0 Å². The Bertz CT molecular complexity index is 405. The fourth-order valence-corrected chi connectivity index (χ4v) is 1.38. The molecule has 5 heteroatoms. The second kappa shape index (κ2) is 5.96. The molecule has 0 fully saturated rings. The van der Waals surface area contributed by atoms with Gasteiger partial charge in [-0.15, -0.1) is 0 Å². The van der Waals surface area contributed by atoms with E-state index in [-0.39, 0.29) is 22.5 Å². The average Bonchev–Trinajstić information content (AvgIpc) is 2.26. The van der Waals surface area contributed by atoms with Crippen LogP contribution in [0.2, 0.25) is 5.02 Å². The van der Waals surface area contributed by atoms with E-state index in [0.29, 0.717) is 18.3 Å². The number of halogens is 1. The van der Waals surface area contributed by atoms with Crippen LogP contribution in [0.5, 0.6) is 0 Å². The van der Waals surface area contributed by atoms with Gasteiger partial charge in [0.1, 0.15) is 11.5 Å². The topological polar surface area (TPSA) is 54.9 Å². The van der Waals surface area contributed by atoms with E-state index in [9.17, 15) is 4.79 Å². The Morgan fingerprint density at radius 1 is 1.41 bits per heavy atom. The van der Waals surface area contributed by atoms with Gasteiger partial charge < -0.3 is 5.32 Å². The number of nitrogens with zero attached hydrogens (tertiary/aromatic N) is 2. The lowest BCUT2D eigenvalue weighted by molar-refractivity contribution is 0.0943. The zero-order chi connectivity index (χ0) is 13.0. The first-order valence-corrected chi connectivity index (χ1v) is 6.10. The van der Waals surface area contributed by atoms with E-state index in [4.69, 9.17) is 11.6 Å². The molecule has 1 rings (SSSR count). The molecule has 0 unspecified atom stereocenters. The largest absolute Gasteiger partial charge is 0.350 e. The summed E-state index contributed by atoms with van der Waals surface area (Å²) >= 11 is 5.93. The van der Waals surface area contributed by atoms with Crippen LogP contribution in [0.1, 0.15) is 49.9 Å². The summed E-state index contributed by atoms with van der Waals surface area (Å²) in [6.07, 6.45) is 1.48. The van der Waals surface area contributed by atoms with Crippen LogP contribution in [0, 0.1) is 5.92 Å². The number of rotatable bonds is 4. The second-order valence-electron chi connectivity index (χ2n) is 4.68.